The molecule has 1 fully saturated rings. The van der Waals surface area contributed by atoms with Crippen molar-refractivity contribution in [2.45, 2.75) is 84.0 Å². The molecule has 0 spiro atoms. The number of methoxy groups -OCH3 is 1. The highest BCUT2D eigenvalue weighted by Gasteiger charge is 2.58. The molecule has 0 aromatic carbocycles. The second kappa shape index (κ2) is 6.83. The van der Waals surface area contributed by atoms with Crippen LogP contribution < -0.4 is 10.6 Å². The molecule has 0 radical (unpaired) electrons. The van der Waals surface area contributed by atoms with Crippen molar-refractivity contribution in [3.63, 3.8) is 0 Å². The monoisotopic (exact) mass is 362 g/mol. The zero-order chi connectivity index (χ0) is 19.1. The number of aliphatic imine (C=N–C) groups is 1. The van der Waals surface area contributed by atoms with Crippen LogP contribution in [0.1, 0.15) is 65.0 Å². The van der Waals surface area contributed by atoms with Gasteiger partial charge in [0.1, 0.15) is 5.82 Å². The summed E-state index contributed by atoms with van der Waals surface area (Å²) in [4.78, 5) is 9.10. The molecule has 2 heterocycles. The number of hydrogen-bond donors (Lipinski definition) is 2. The first-order valence-electron chi connectivity index (χ1n) is 9.69. The first kappa shape index (κ1) is 19.1. The van der Waals surface area contributed by atoms with Gasteiger partial charge in [0.2, 0.25) is 0 Å². The lowest BCUT2D eigenvalue weighted by atomic mass is 9.56. The van der Waals surface area contributed by atoms with E-state index in [9.17, 15) is 0 Å². The van der Waals surface area contributed by atoms with Crippen molar-refractivity contribution in [1.82, 2.24) is 25.4 Å². The van der Waals surface area contributed by atoms with Gasteiger partial charge in [-0.05, 0) is 19.8 Å². The Kier molecular flexibility index (Phi) is 5.03. The smallest absolute Gasteiger partial charge is 0.191 e. The molecule has 3 rings (SSSR count). The van der Waals surface area contributed by atoms with Gasteiger partial charge in [-0.2, -0.15) is 5.10 Å². The molecule has 2 N–H and O–H groups in total. The highest BCUT2D eigenvalue weighted by Crippen LogP contribution is 2.51. The van der Waals surface area contributed by atoms with Gasteiger partial charge in [-0.25, -0.2) is 9.67 Å². The summed E-state index contributed by atoms with van der Waals surface area (Å²) < 4.78 is 7.78. The van der Waals surface area contributed by atoms with Crippen LogP contribution in [-0.2, 0) is 17.7 Å². The van der Waals surface area contributed by atoms with Gasteiger partial charge in [-0.1, -0.05) is 27.7 Å². The number of aromatic nitrogens is 3. The summed E-state index contributed by atoms with van der Waals surface area (Å²) in [5.41, 5.74) is -0.0333. The maximum Gasteiger partial charge on any atom is 0.191 e. The molecule has 0 saturated heterocycles. The molecule has 1 aromatic heterocycles. The second-order valence-corrected chi connectivity index (χ2v) is 8.73. The van der Waals surface area contributed by atoms with E-state index in [1.54, 1.807) is 7.11 Å². The van der Waals surface area contributed by atoms with Gasteiger partial charge < -0.3 is 15.4 Å². The Hall–Kier alpha value is -1.63. The third-order valence-electron chi connectivity index (χ3n) is 6.54. The van der Waals surface area contributed by atoms with E-state index in [0.717, 1.165) is 43.4 Å². The Morgan fingerprint density at radius 3 is 2.62 bits per heavy atom. The van der Waals surface area contributed by atoms with Crippen LogP contribution in [0, 0.1) is 5.41 Å². The van der Waals surface area contributed by atoms with Gasteiger partial charge in [-0.15, -0.1) is 0 Å². The van der Waals surface area contributed by atoms with Crippen molar-refractivity contribution in [3.8, 4) is 0 Å². The number of aryl methyl sites for hydroxylation is 1. The number of nitrogens with zero attached hydrogens (tertiary/aromatic N) is 4. The topological polar surface area (TPSA) is 76.4 Å². The molecule has 0 amide bonds. The fourth-order valence-corrected chi connectivity index (χ4v) is 3.94. The van der Waals surface area contributed by atoms with Crippen LogP contribution in [0.3, 0.4) is 0 Å². The minimum absolute atomic E-state index is 0.0528. The fourth-order valence-electron chi connectivity index (χ4n) is 3.94. The van der Waals surface area contributed by atoms with Crippen molar-refractivity contribution >= 4 is 5.96 Å². The zero-order valence-electron chi connectivity index (χ0n) is 17.3. The Morgan fingerprint density at radius 1 is 1.31 bits per heavy atom. The van der Waals surface area contributed by atoms with Crippen LogP contribution in [0.5, 0.6) is 0 Å². The Balaban J connectivity index is 1.60. The molecule has 7 nitrogen and oxygen atoms in total. The number of ether oxygens (including phenoxy) is 1. The molecule has 1 aliphatic carbocycles. The number of fused-ring (bicyclic) bond motifs is 1. The van der Waals surface area contributed by atoms with Crippen molar-refractivity contribution in [2.75, 3.05) is 14.2 Å². The average Bonchev–Trinajstić information content (AvgIpc) is 3.03. The Labute approximate surface area is 157 Å². The number of hydrogen-bond acceptors (Lipinski definition) is 4. The second-order valence-electron chi connectivity index (χ2n) is 8.73. The lowest BCUT2D eigenvalue weighted by Gasteiger charge is -2.59. The molecule has 7 heteroatoms. The molecular weight excluding hydrogens is 328 g/mol. The SMILES string of the molecule is CN=C(NC1CCc2nc(C(C)C)nn2C1)NC1CC(C)(OC)C1(C)C. The maximum absolute atomic E-state index is 5.73. The standard InChI is InChI=1S/C19H34N6O/c1-12(2)16-23-15-9-8-13(11-25(15)24-16)21-17(20-6)22-14-10-19(5,26-7)18(14,3)4/h12-14H,8-11H2,1-7H3,(H2,20,21,22). The molecule has 26 heavy (non-hydrogen) atoms. The lowest BCUT2D eigenvalue weighted by Crippen LogP contribution is -2.69. The molecule has 3 atom stereocenters. The van der Waals surface area contributed by atoms with E-state index in [-0.39, 0.29) is 11.0 Å². The van der Waals surface area contributed by atoms with Crippen LogP contribution in [0.2, 0.25) is 0 Å². The van der Waals surface area contributed by atoms with E-state index in [4.69, 9.17) is 4.74 Å². The maximum atomic E-state index is 5.73. The summed E-state index contributed by atoms with van der Waals surface area (Å²) >= 11 is 0. The third-order valence-corrected chi connectivity index (χ3v) is 6.54. The molecule has 146 valence electrons. The zero-order valence-corrected chi connectivity index (χ0v) is 17.3. The summed E-state index contributed by atoms with van der Waals surface area (Å²) in [6.07, 6.45) is 2.97. The first-order valence-corrected chi connectivity index (χ1v) is 9.69. The van der Waals surface area contributed by atoms with Crippen LogP contribution in [0.4, 0.5) is 0 Å². The molecule has 0 bridgehead atoms. The summed E-state index contributed by atoms with van der Waals surface area (Å²) in [6, 6.07) is 0.657. The fraction of sp³-hybridized carbons (Fsp3) is 0.842. The third kappa shape index (κ3) is 3.21. The molecule has 2 aliphatic rings. The van der Waals surface area contributed by atoms with Gasteiger partial charge in [-0.3, -0.25) is 4.99 Å². The largest absolute Gasteiger partial charge is 0.378 e. The molecule has 1 aromatic rings. The van der Waals surface area contributed by atoms with E-state index in [1.165, 1.54) is 0 Å². The minimum atomic E-state index is -0.0861. The van der Waals surface area contributed by atoms with Crippen LogP contribution in [-0.4, -0.2) is 52.6 Å². The van der Waals surface area contributed by atoms with Crippen LogP contribution in [0.15, 0.2) is 4.99 Å². The van der Waals surface area contributed by atoms with Gasteiger partial charge in [0.05, 0.1) is 12.1 Å². The van der Waals surface area contributed by atoms with Gasteiger partial charge >= 0.3 is 0 Å². The van der Waals surface area contributed by atoms with E-state index in [2.05, 4.69) is 65.0 Å². The van der Waals surface area contributed by atoms with Crippen molar-refractivity contribution in [2.24, 2.45) is 10.4 Å². The van der Waals surface area contributed by atoms with Gasteiger partial charge in [0.25, 0.3) is 0 Å². The molecule has 1 aliphatic heterocycles. The summed E-state index contributed by atoms with van der Waals surface area (Å²) in [7, 11) is 3.63. The average molecular weight is 363 g/mol. The highest BCUT2D eigenvalue weighted by atomic mass is 16.5. The highest BCUT2D eigenvalue weighted by molar-refractivity contribution is 5.80. The van der Waals surface area contributed by atoms with Crippen molar-refractivity contribution in [3.05, 3.63) is 11.6 Å². The number of rotatable bonds is 4. The lowest BCUT2D eigenvalue weighted by molar-refractivity contribution is -0.176. The van der Waals surface area contributed by atoms with E-state index in [1.807, 2.05) is 7.05 Å². The van der Waals surface area contributed by atoms with E-state index < -0.39 is 0 Å². The molecule has 3 unspecified atom stereocenters. The van der Waals surface area contributed by atoms with Gasteiger partial charge in [0.15, 0.2) is 11.8 Å². The van der Waals surface area contributed by atoms with Crippen molar-refractivity contribution < 1.29 is 4.74 Å². The number of guanidine groups is 1. The van der Waals surface area contributed by atoms with E-state index in [0.29, 0.717) is 18.0 Å². The Morgan fingerprint density at radius 2 is 2.04 bits per heavy atom. The summed E-state index contributed by atoms with van der Waals surface area (Å²) in [5.74, 6) is 3.27. The summed E-state index contributed by atoms with van der Waals surface area (Å²) in [6.45, 7) is 11.8. The van der Waals surface area contributed by atoms with Crippen LogP contribution in [0.25, 0.3) is 0 Å². The van der Waals surface area contributed by atoms with Crippen molar-refractivity contribution in [1.29, 1.82) is 0 Å². The molecular formula is C19H34N6O. The minimum Gasteiger partial charge on any atom is -0.378 e. The predicted octanol–water partition coefficient (Wildman–Crippen LogP) is 2.08. The predicted molar refractivity (Wildman–Crippen MR) is 103 cm³/mol. The quantitative estimate of drug-likeness (QED) is 0.633. The summed E-state index contributed by atoms with van der Waals surface area (Å²) in [5, 5.41) is 11.8. The Bertz CT molecular complexity index is 680. The van der Waals surface area contributed by atoms with Crippen LogP contribution >= 0.6 is 0 Å². The normalized spacial score (nSPS) is 30.7. The van der Waals surface area contributed by atoms with Gasteiger partial charge in [0, 0.05) is 44.0 Å². The number of nitrogens with one attached hydrogen (secondary N) is 2. The van der Waals surface area contributed by atoms with E-state index >= 15 is 0 Å². The molecule has 1 saturated carbocycles. The first-order chi connectivity index (χ1) is 12.2.